The Kier molecular flexibility index (Phi) is 12.6. The van der Waals surface area contributed by atoms with Gasteiger partial charge in [-0.15, -0.1) is 0 Å². The minimum Gasteiger partial charge on any atom is -0.380 e. The third-order valence-corrected chi connectivity index (χ3v) is 2.34. The maximum absolute atomic E-state index is 5.44. The highest BCUT2D eigenvalue weighted by Gasteiger charge is 1.96. The van der Waals surface area contributed by atoms with Crippen LogP contribution >= 0.6 is 25.3 Å². The van der Waals surface area contributed by atoms with Crippen molar-refractivity contribution in [3.05, 3.63) is 0 Å². The van der Waals surface area contributed by atoms with E-state index in [-0.39, 0.29) is 0 Å². The second-order valence-corrected chi connectivity index (χ2v) is 6.03. The number of hydrogen-bond donors (Lipinski definition) is 2. The van der Waals surface area contributed by atoms with Gasteiger partial charge in [-0.25, -0.2) is 0 Å². The fourth-order valence-electron chi connectivity index (χ4n) is 1.27. The van der Waals surface area contributed by atoms with E-state index in [9.17, 15) is 0 Å². The molecule has 4 heteroatoms. The first-order valence-corrected chi connectivity index (χ1v) is 7.18. The fraction of sp³-hybridized carbons (Fsp3) is 1.00. The second-order valence-electron chi connectivity index (χ2n) is 4.26. The minimum atomic E-state index is 0.344. The van der Waals surface area contributed by atoms with Gasteiger partial charge in [-0.3, -0.25) is 0 Å². The van der Waals surface area contributed by atoms with Crippen LogP contribution in [0.1, 0.15) is 39.5 Å². The van der Waals surface area contributed by atoms with Crippen molar-refractivity contribution in [1.29, 1.82) is 0 Å². The molecule has 0 aromatic carbocycles. The zero-order valence-electron chi connectivity index (χ0n) is 10.5. The summed E-state index contributed by atoms with van der Waals surface area (Å²) in [5.41, 5.74) is 0. The molecule has 2 atom stereocenters. The molecule has 0 aliphatic heterocycles. The van der Waals surface area contributed by atoms with Gasteiger partial charge in [0.2, 0.25) is 0 Å². The van der Waals surface area contributed by atoms with Gasteiger partial charge in [-0.1, -0.05) is 26.7 Å². The first kappa shape index (κ1) is 16.6. The molecule has 0 aromatic heterocycles. The average molecular weight is 266 g/mol. The van der Waals surface area contributed by atoms with Crippen LogP contribution in [0.25, 0.3) is 0 Å². The van der Waals surface area contributed by atoms with E-state index in [2.05, 4.69) is 25.3 Å². The first-order valence-electron chi connectivity index (χ1n) is 6.14. The van der Waals surface area contributed by atoms with E-state index in [1.165, 1.54) is 12.8 Å². The minimum absolute atomic E-state index is 0.344. The summed E-state index contributed by atoms with van der Waals surface area (Å²) >= 11 is 8.50. The van der Waals surface area contributed by atoms with Crippen LogP contribution < -0.4 is 0 Å². The van der Waals surface area contributed by atoms with E-state index in [0.29, 0.717) is 10.5 Å². The summed E-state index contributed by atoms with van der Waals surface area (Å²) < 4.78 is 10.9. The van der Waals surface area contributed by atoms with Gasteiger partial charge >= 0.3 is 0 Å². The summed E-state index contributed by atoms with van der Waals surface area (Å²) in [6.07, 6.45) is 4.73. The lowest BCUT2D eigenvalue weighted by atomic mass is 10.2. The maximum atomic E-state index is 5.44. The van der Waals surface area contributed by atoms with Crippen LogP contribution in [0.4, 0.5) is 0 Å². The Labute approximate surface area is 111 Å². The second kappa shape index (κ2) is 12.1. The summed E-state index contributed by atoms with van der Waals surface area (Å²) in [7, 11) is 0. The predicted molar refractivity (Wildman–Crippen MR) is 77.0 cm³/mol. The number of ether oxygens (including phenoxy) is 2. The molecule has 0 N–H and O–H groups in total. The van der Waals surface area contributed by atoms with E-state index >= 15 is 0 Å². The topological polar surface area (TPSA) is 18.5 Å². The Balaban J connectivity index is 2.93. The SMILES string of the molecule is CC(S)COCCCCCCOCC(C)S. The van der Waals surface area contributed by atoms with E-state index in [0.717, 1.165) is 39.3 Å². The van der Waals surface area contributed by atoms with Crippen LogP contribution in [0.3, 0.4) is 0 Å². The molecule has 16 heavy (non-hydrogen) atoms. The molecule has 0 aliphatic rings. The van der Waals surface area contributed by atoms with E-state index in [1.54, 1.807) is 0 Å². The highest BCUT2D eigenvalue weighted by Crippen LogP contribution is 2.02. The number of rotatable bonds is 11. The zero-order valence-corrected chi connectivity index (χ0v) is 12.3. The smallest absolute Gasteiger partial charge is 0.0579 e. The van der Waals surface area contributed by atoms with Gasteiger partial charge in [-0.05, 0) is 12.8 Å². The summed E-state index contributed by atoms with van der Waals surface area (Å²) in [5, 5.41) is 0.688. The van der Waals surface area contributed by atoms with Gasteiger partial charge in [0.05, 0.1) is 13.2 Å². The van der Waals surface area contributed by atoms with Crippen LogP contribution in [-0.2, 0) is 9.47 Å². The quantitative estimate of drug-likeness (QED) is 0.442. The molecular formula is C12H26O2S2. The number of hydrogen-bond acceptors (Lipinski definition) is 4. The van der Waals surface area contributed by atoms with E-state index in [4.69, 9.17) is 9.47 Å². The molecule has 0 heterocycles. The predicted octanol–water partition coefficient (Wildman–Crippen LogP) is 3.22. The first-order chi connectivity index (χ1) is 7.63. The molecule has 0 saturated heterocycles. The molecule has 0 radical (unpaired) electrons. The molecule has 0 fully saturated rings. The van der Waals surface area contributed by atoms with Crippen LogP contribution in [-0.4, -0.2) is 36.9 Å². The monoisotopic (exact) mass is 266 g/mol. The molecule has 0 spiro atoms. The number of unbranched alkanes of at least 4 members (excludes halogenated alkanes) is 3. The Hall–Kier alpha value is 0.620. The highest BCUT2D eigenvalue weighted by molar-refractivity contribution is 7.81. The third-order valence-electron chi connectivity index (χ3n) is 2.05. The van der Waals surface area contributed by atoms with Crippen molar-refractivity contribution in [2.45, 2.75) is 50.0 Å². The average Bonchev–Trinajstić information content (AvgIpc) is 2.20. The van der Waals surface area contributed by atoms with Gasteiger partial charge in [-0.2, -0.15) is 25.3 Å². The van der Waals surface area contributed by atoms with Gasteiger partial charge in [0, 0.05) is 23.7 Å². The molecule has 98 valence electrons. The van der Waals surface area contributed by atoms with Gasteiger partial charge in [0.1, 0.15) is 0 Å². The largest absolute Gasteiger partial charge is 0.380 e. The Bertz CT molecular complexity index is 125. The summed E-state index contributed by atoms with van der Waals surface area (Å²) in [6, 6.07) is 0. The zero-order chi connectivity index (χ0) is 12.2. The number of thiol groups is 2. The van der Waals surface area contributed by atoms with E-state index < -0.39 is 0 Å². The lowest BCUT2D eigenvalue weighted by Crippen LogP contribution is -2.06. The third kappa shape index (κ3) is 14.6. The van der Waals surface area contributed by atoms with Crippen molar-refractivity contribution in [2.75, 3.05) is 26.4 Å². The van der Waals surface area contributed by atoms with Crippen LogP contribution in [0.5, 0.6) is 0 Å². The molecular weight excluding hydrogens is 240 g/mol. The molecule has 0 aromatic rings. The van der Waals surface area contributed by atoms with Crippen molar-refractivity contribution in [3.8, 4) is 0 Å². The molecule has 2 nitrogen and oxygen atoms in total. The molecule has 0 aliphatic carbocycles. The summed E-state index contributed by atoms with van der Waals surface area (Å²) in [5.74, 6) is 0. The standard InChI is InChI=1S/C12H26O2S2/c1-11(15)9-13-7-5-3-4-6-8-14-10-12(2)16/h11-12,15-16H,3-10H2,1-2H3. The van der Waals surface area contributed by atoms with Crippen molar-refractivity contribution in [3.63, 3.8) is 0 Å². The molecule has 0 amide bonds. The highest BCUT2D eigenvalue weighted by atomic mass is 32.1. The lowest BCUT2D eigenvalue weighted by Gasteiger charge is -2.07. The molecule has 0 bridgehead atoms. The van der Waals surface area contributed by atoms with Gasteiger partial charge in [0.25, 0.3) is 0 Å². The van der Waals surface area contributed by atoms with Crippen molar-refractivity contribution in [1.82, 2.24) is 0 Å². The van der Waals surface area contributed by atoms with Crippen molar-refractivity contribution >= 4 is 25.3 Å². The normalized spacial score (nSPS) is 15.0. The summed E-state index contributed by atoms with van der Waals surface area (Å²) in [4.78, 5) is 0. The maximum Gasteiger partial charge on any atom is 0.0579 e. The summed E-state index contributed by atoms with van der Waals surface area (Å²) in [6.45, 7) is 7.32. The Morgan fingerprint density at radius 2 is 1.12 bits per heavy atom. The molecule has 2 unspecified atom stereocenters. The van der Waals surface area contributed by atoms with Crippen LogP contribution in [0.2, 0.25) is 0 Å². The van der Waals surface area contributed by atoms with Gasteiger partial charge in [0.15, 0.2) is 0 Å². The fourth-order valence-corrected chi connectivity index (χ4v) is 1.48. The van der Waals surface area contributed by atoms with Crippen LogP contribution in [0, 0.1) is 0 Å². The van der Waals surface area contributed by atoms with Gasteiger partial charge < -0.3 is 9.47 Å². The Morgan fingerprint density at radius 1 is 0.750 bits per heavy atom. The van der Waals surface area contributed by atoms with E-state index in [1.807, 2.05) is 13.8 Å². The van der Waals surface area contributed by atoms with Crippen molar-refractivity contribution in [2.24, 2.45) is 0 Å². The van der Waals surface area contributed by atoms with Crippen molar-refractivity contribution < 1.29 is 9.47 Å². The van der Waals surface area contributed by atoms with Crippen LogP contribution in [0.15, 0.2) is 0 Å². The lowest BCUT2D eigenvalue weighted by molar-refractivity contribution is 0.125. The molecule has 0 saturated carbocycles. The molecule has 0 rings (SSSR count). The Morgan fingerprint density at radius 3 is 1.44 bits per heavy atom.